The first-order chi connectivity index (χ1) is 6.34. The quantitative estimate of drug-likeness (QED) is 0.407. The Morgan fingerprint density at radius 2 is 1.86 bits per heavy atom. The highest BCUT2D eigenvalue weighted by Crippen LogP contribution is 2.44. The Balaban J connectivity index is 4.33. The second-order valence-corrected chi connectivity index (χ2v) is 6.80. The fraction of sp³-hybridized carbons (Fsp3) is 1.00. The van der Waals surface area contributed by atoms with Crippen LogP contribution in [0, 0.1) is 0 Å². The van der Waals surface area contributed by atoms with Crippen LogP contribution in [0.15, 0.2) is 0 Å². The molecule has 3 nitrogen and oxygen atoms in total. The van der Waals surface area contributed by atoms with Crippen LogP contribution in [0.4, 0.5) is 0 Å². The number of hydrogen-bond donors (Lipinski definition) is 0. The first-order valence-electron chi connectivity index (χ1n) is 5.24. The van der Waals surface area contributed by atoms with Crippen molar-refractivity contribution in [3.8, 4) is 0 Å². The summed E-state index contributed by atoms with van der Waals surface area (Å²) in [4.78, 5) is 0. The highest BCUT2D eigenvalue weighted by atomic mass is 31.1. The summed E-state index contributed by atoms with van der Waals surface area (Å²) in [6.45, 7) is 13.2. The van der Waals surface area contributed by atoms with E-state index >= 15 is 0 Å². The first-order valence-corrected chi connectivity index (χ1v) is 6.76. The molecule has 0 rings (SSSR count). The van der Waals surface area contributed by atoms with Crippen LogP contribution in [0.25, 0.3) is 0 Å². The Kier molecular flexibility index (Phi) is 6.15. The van der Waals surface area contributed by atoms with Crippen molar-refractivity contribution in [1.82, 2.24) is 5.06 Å². The van der Waals surface area contributed by atoms with Gasteiger partial charge in [0, 0.05) is 6.61 Å². The molecule has 0 aliphatic heterocycles. The van der Waals surface area contributed by atoms with Gasteiger partial charge in [-0.1, -0.05) is 12.0 Å². The molecule has 0 bridgehead atoms. The molecular weight excluding hydrogens is 197 g/mol. The number of hydrogen-bond acceptors (Lipinski definition) is 2. The molecular formula is C10H25NO2P+. The fourth-order valence-electron chi connectivity index (χ4n) is 1.32. The third kappa shape index (κ3) is 4.22. The van der Waals surface area contributed by atoms with Crippen molar-refractivity contribution in [3.63, 3.8) is 0 Å². The van der Waals surface area contributed by atoms with Gasteiger partial charge in [-0.25, -0.2) is 0 Å². The molecule has 86 valence electrons. The lowest BCUT2D eigenvalue weighted by Gasteiger charge is -2.33. The van der Waals surface area contributed by atoms with Gasteiger partial charge in [-0.3, -0.25) is 0 Å². The second kappa shape index (κ2) is 6.02. The predicted molar refractivity (Wildman–Crippen MR) is 63.8 cm³/mol. The summed E-state index contributed by atoms with van der Waals surface area (Å²) < 4.78 is 5.67. The zero-order valence-electron chi connectivity index (χ0n) is 10.3. The molecule has 14 heavy (non-hydrogen) atoms. The average Bonchev–Trinajstić information content (AvgIpc) is 2.10. The monoisotopic (exact) mass is 222 g/mol. The summed E-state index contributed by atoms with van der Waals surface area (Å²) in [5.74, 6) is 0.204. The fourth-order valence-corrected chi connectivity index (χ4v) is 3.18. The number of rotatable bonds is 5. The van der Waals surface area contributed by atoms with Gasteiger partial charge in [-0.05, 0) is 40.8 Å². The summed E-state index contributed by atoms with van der Waals surface area (Å²) in [7, 11) is -0.485. The van der Waals surface area contributed by atoms with Gasteiger partial charge in [-0.2, -0.15) is 0 Å². The van der Waals surface area contributed by atoms with Crippen LogP contribution in [0.5, 0.6) is 0 Å². The zero-order valence-corrected chi connectivity index (χ0v) is 11.2. The Morgan fingerprint density at radius 3 is 2.14 bits per heavy atom. The van der Waals surface area contributed by atoms with E-state index < -0.39 is 8.15 Å². The molecule has 0 radical (unpaired) electrons. The normalized spacial score (nSPS) is 17.1. The van der Waals surface area contributed by atoms with E-state index in [0.717, 1.165) is 12.8 Å². The third-order valence-electron chi connectivity index (χ3n) is 2.12. The van der Waals surface area contributed by atoms with E-state index in [-0.39, 0.29) is 11.3 Å². The van der Waals surface area contributed by atoms with E-state index in [2.05, 4.69) is 34.6 Å². The average molecular weight is 222 g/mol. The molecule has 0 fully saturated rings. The standard InChI is InChI=1S/C10H24NO2P/c1-7-13-14(8-2)9(3)11(12)10(4,5)6/h9,12H,7-8H2,1-6H3/p+1. The Labute approximate surface area is 89.2 Å². The summed E-state index contributed by atoms with van der Waals surface area (Å²) in [5, 5.41) is 9.68. The van der Waals surface area contributed by atoms with Crippen molar-refractivity contribution >= 4 is 8.15 Å². The van der Waals surface area contributed by atoms with E-state index in [1.54, 1.807) is 5.06 Å². The molecule has 2 atom stereocenters. The molecule has 0 aromatic carbocycles. The molecule has 0 spiro atoms. The lowest BCUT2D eigenvalue weighted by molar-refractivity contribution is -0.164. The lowest BCUT2D eigenvalue weighted by Crippen LogP contribution is -2.44. The van der Waals surface area contributed by atoms with Crippen LogP contribution < -0.4 is 0 Å². The van der Waals surface area contributed by atoms with Crippen molar-refractivity contribution in [2.24, 2.45) is 0 Å². The van der Waals surface area contributed by atoms with Gasteiger partial charge >= 0.3 is 0 Å². The van der Waals surface area contributed by atoms with Crippen LogP contribution in [-0.2, 0) is 4.52 Å². The highest BCUT2D eigenvalue weighted by molar-refractivity contribution is 7.53. The summed E-state index contributed by atoms with van der Waals surface area (Å²) in [5.41, 5.74) is -0.105. The molecule has 0 aromatic heterocycles. The molecule has 0 heterocycles. The van der Waals surface area contributed by atoms with Gasteiger partial charge < -0.3 is 9.73 Å². The van der Waals surface area contributed by atoms with Crippen LogP contribution in [0.3, 0.4) is 0 Å². The van der Waals surface area contributed by atoms with Crippen molar-refractivity contribution in [3.05, 3.63) is 0 Å². The van der Waals surface area contributed by atoms with E-state index in [4.69, 9.17) is 9.73 Å². The molecule has 0 saturated heterocycles. The molecule has 0 saturated carbocycles. The summed E-state index contributed by atoms with van der Waals surface area (Å²) >= 11 is 0. The van der Waals surface area contributed by atoms with Crippen molar-refractivity contribution in [2.45, 2.75) is 52.9 Å². The van der Waals surface area contributed by atoms with E-state index in [1.807, 2.05) is 6.92 Å². The van der Waals surface area contributed by atoms with Gasteiger partial charge in [-0.15, -0.1) is 0 Å². The molecule has 0 aromatic rings. The Morgan fingerprint density at radius 1 is 1.36 bits per heavy atom. The smallest absolute Gasteiger partial charge is 0.119 e. The van der Waals surface area contributed by atoms with E-state index in [9.17, 15) is 0 Å². The number of nitrogens with zero attached hydrogens (tertiary/aromatic N) is 1. The summed E-state index contributed by atoms with van der Waals surface area (Å²) in [6, 6.07) is 0. The predicted octanol–water partition coefficient (Wildman–Crippen LogP) is 2.53. The number of hydroxylamine groups is 2. The minimum Gasteiger partial charge on any atom is -0.358 e. The van der Waals surface area contributed by atoms with Crippen LogP contribution >= 0.6 is 8.15 Å². The molecule has 2 unspecified atom stereocenters. The minimum absolute atomic E-state index is 0.105. The molecule has 0 aliphatic rings. The Bertz CT molecular complexity index is 159. The highest BCUT2D eigenvalue weighted by Gasteiger charge is 2.33. The molecule has 0 amide bonds. The SMILES string of the molecule is CCOP(CC)C(C)N([OH2+])C(C)(C)C. The van der Waals surface area contributed by atoms with Crippen LogP contribution in [0.2, 0.25) is 0 Å². The van der Waals surface area contributed by atoms with Crippen LogP contribution in [0.1, 0.15) is 41.5 Å². The van der Waals surface area contributed by atoms with Crippen molar-refractivity contribution in [2.75, 3.05) is 12.8 Å². The van der Waals surface area contributed by atoms with Gasteiger partial charge in [0.05, 0.1) is 13.7 Å². The largest absolute Gasteiger partial charge is 0.358 e. The second-order valence-electron chi connectivity index (χ2n) is 4.32. The summed E-state index contributed by atoms with van der Waals surface area (Å²) in [6.07, 6.45) is 1.02. The third-order valence-corrected chi connectivity index (χ3v) is 4.40. The lowest BCUT2D eigenvalue weighted by atomic mass is 10.1. The first kappa shape index (κ1) is 14.3. The topological polar surface area (TPSA) is 35.4 Å². The minimum atomic E-state index is -0.485. The zero-order chi connectivity index (χ0) is 11.4. The van der Waals surface area contributed by atoms with Crippen molar-refractivity contribution in [1.29, 1.82) is 0 Å². The molecule has 4 heteroatoms. The molecule has 2 N–H and O–H groups in total. The maximum atomic E-state index is 8.01. The van der Waals surface area contributed by atoms with Gasteiger partial charge in [0.15, 0.2) is 0 Å². The Hall–Kier alpha value is 0.310. The molecule has 0 aliphatic carbocycles. The van der Waals surface area contributed by atoms with Gasteiger partial charge in [0.1, 0.15) is 5.78 Å². The van der Waals surface area contributed by atoms with Crippen molar-refractivity contribution < 1.29 is 9.73 Å². The van der Waals surface area contributed by atoms with E-state index in [0.29, 0.717) is 0 Å². The maximum Gasteiger partial charge on any atom is 0.119 e. The van der Waals surface area contributed by atoms with Gasteiger partial charge in [0.2, 0.25) is 0 Å². The maximum absolute atomic E-state index is 8.01. The van der Waals surface area contributed by atoms with Gasteiger partial charge in [0.25, 0.3) is 0 Å². The van der Waals surface area contributed by atoms with E-state index in [1.165, 1.54) is 0 Å². The van der Waals surface area contributed by atoms with Crippen LogP contribution in [-0.4, -0.2) is 34.4 Å².